The Hall–Kier alpha value is -2.37. The maximum atomic E-state index is 11.6. The predicted molar refractivity (Wildman–Crippen MR) is 85.3 cm³/mol. The van der Waals surface area contributed by atoms with Gasteiger partial charge in [-0.3, -0.25) is 0 Å². The number of ether oxygens (including phenoxy) is 1. The number of rotatable bonds is 5. The van der Waals surface area contributed by atoms with Gasteiger partial charge in [0.15, 0.2) is 5.69 Å². The Bertz CT molecular complexity index is 690. The number of carbonyl (C=O) groups is 1. The van der Waals surface area contributed by atoms with Crippen LogP contribution in [0.15, 0.2) is 24.3 Å². The minimum atomic E-state index is -1.02. The molecule has 0 spiro atoms. The number of aromatic nitrogens is 3. The zero-order valence-electron chi connectivity index (χ0n) is 13.2. The number of hydrogen-bond donors (Lipinski definition) is 1. The molecule has 6 heteroatoms. The third-order valence-electron chi connectivity index (χ3n) is 4.29. The smallest absolute Gasteiger partial charge is 0.358 e. The molecule has 2 aromatic rings. The molecule has 1 saturated carbocycles. The van der Waals surface area contributed by atoms with Gasteiger partial charge in [-0.1, -0.05) is 36.6 Å². The molecule has 23 heavy (non-hydrogen) atoms. The first-order valence-corrected chi connectivity index (χ1v) is 8.13. The summed E-state index contributed by atoms with van der Waals surface area (Å²) in [6.07, 6.45) is 5.38. The summed E-state index contributed by atoms with van der Waals surface area (Å²) in [7, 11) is 0. The molecule has 6 nitrogen and oxygen atoms in total. The van der Waals surface area contributed by atoms with Crippen molar-refractivity contribution in [3.05, 3.63) is 35.7 Å². The molecule has 122 valence electrons. The van der Waals surface area contributed by atoms with E-state index in [0.29, 0.717) is 18.1 Å². The molecule has 1 N–H and O–H groups in total. The minimum absolute atomic E-state index is 0.0585. The molecule has 0 bridgehead atoms. The van der Waals surface area contributed by atoms with Gasteiger partial charge in [0.1, 0.15) is 11.4 Å². The third-order valence-corrected chi connectivity index (χ3v) is 4.29. The van der Waals surface area contributed by atoms with Crippen LogP contribution in [-0.4, -0.2) is 32.7 Å². The van der Waals surface area contributed by atoms with Crippen LogP contribution in [-0.2, 0) is 0 Å². The summed E-state index contributed by atoms with van der Waals surface area (Å²) in [5, 5.41) is 17.5. The Morgan fingerprint density at radius 1 is 1.30 bits per heavy atom. The van der Waals surface area contributed by atoms with Crippen molar-refractivity contribution < 1.29 is 14.6 Å². The summed E-state index contributed by atoms with van der Waals surface area (Å²) < 4.78 is 7.32. The molecule has 3 rings (SSSR count). The number of para-hydroxylation sites is 2. The predicted octanol–water partition coefficient (Wildman–Crippen LogP) is 3.41. The van der Waals surface area contributed by atoms with Gasteiger partial charge in [-0.25, -0.2) is 9.48 Å². The van der Waals surface area contributed by atoms with Crippen LogP contribution in [0.2, 0.25) is 0 Å². The van der Waals surface area contributed by atoms with Crippen LogP contribution < -0.4 is 4.74 Å². The molecule has 0 radical (unpaired) electrons. The maximum absolute atomic E-state index is 11.6. The average molecular weight is 315 g/mol. The molecule has 0 atom stereocenters. The standard InChI is InChI=1S/C17H21N3O3/c1-2-23-14-11-7-6-10-13(14)20-16(12-8-4-3-5-9-12)15(17(21)22)18-19-20/h6-7,10-12H,2-5,8-9H2,1H3,(H,21,22). The van der Waals surface area contributed by atoms with Crippen LogP contribution in [0.4, 0.5) is 0 Å². The summed E-state index contributed by atoms with van der Waals surface area (Å²) in [6.45, 7) is 2.46. The second-order valence-corrected chi connectivity index (χ2v) is 5.78. The highest BCUT2D eigenvalue weighted by atomic mass is 16.5. The van der Waals surface area contributed by atoms with E-state index in [1.54, 1.807) is 4.68 Å². The van der Waals surface area contributed by atoms with E-state index in [-0.39, 0.29) is 11.6 Å². The Morgan fingerprint density at radius 3 is 2.74 bits per heavy atom. The SMILES string of the molecule is CCOc1ccccc1-n1nnc(C(=O)O)c1C1CCCCC1. The number of benzene rings is 1. The lowest BCUT2D eigenvalue weighted by Crippen LogP contribution is -2.15. The maximum Gasteiger partial charge on any atom is 0.358 e. The van der Waals surface area contributed by atoms with Gasteiger partial charge in [0.25, 0.3) is 0 Å². The zero-order chi connectivity index (χ0) is 16.2. The highest BCUT2D eigenvalue weighted by molar-refractivity contribution is 5.87. The van der Waals surface area contributed by atoms with E-state index in [1.165, 1.54) is 6.42 Å². The first-order valence-electron chi connectivity index (χ1n) is 8.13. The fraction of sp³-hybridized carbons (Fsp3) is 0.471. The molecular formula is C17H21N3O3. The van der Waals surface area contributed by atoms with E-state index in [4.69, 9.17) is 4.74 Å². The molecule has 0 aliphatic heterocycles. The Kier molecular flexibility index (Phi) is 4.60. The van der Waals surface area contributed by atoms with Gasteiger partial charge in [-0.05, 0) is 31.9 Å². The van der Waals surface area contributed by atoms with Crippen molar-refractivity contribution in [2.24, 2.45) is 0 Å². The van der Waals surface area contributed by atoms with Gasteiger partial charge in [0.05, 0.1) is 12.3 Å². The van der Waals surface area contributed by atoms with Crippen molar-refractivity contribution in [2.75, 3.05) is 6.61 Å². The fourth-order valence-electron chi connectivity index (χ4n) is 3.27. The summed E-state index contributed by atoms with van der Waals surface area (Å²) in [4.78, 5) is 11.6. The Balaban J connectivity index is 2.11. The van der Waals surface area contributed by atoms with Gasteiger partial charge < -0.3 is 9.84 Å². The lowest BCUT2D eigenvalue weighted by Gasteiger charge is -2.23. The quantitative estimate of drug-likeness (QED) is 0.915. The van der Waals surface area contributed by atoms with Gasteiger partial charge >= 0.3 is 5.97 Å². The first kappa shape index (κ1) is 15.5. The van der Waals surface area contributed by atoms with Crippen molar-refractivity contribution in [1.82, 2.24) is 15.0 Å². The largest absolute Gasteiger partial charge is 0.492 e. The van der Waals surface area contributed by atoms with Crippen LogP contribution in [0.3, 0.4) is 0 Å². The van der Waals surface area contributed by atoms with Crippen molar-refractivity contribution >= 4 is 5.97 Å². The minimum Gasteiger partial charge on any atom is -0.492 e. The van der Waals surface area contributed by atoms with Gasteiger partial charge in [0, 0.05) is 5.92 Å². The zero-order valence-corrected chi connectivity index (χ0v) is 13.2. The van der Waals surface area contributed by atoms with E-state index in [0.717, 1.165) is 31.4 Å². The Labute approximate surface area is 135 Å². The van der Waals surface area contributed by atoms with Gasteiger partial charge in [0.2, 0.25) is 0 Å². The van der Waals surface area contributed by atoms with Crippen molar-refractivity contribution in [3.63, 3.8) is 0 Å². The average Bonchev–Trinajstić information content (AvgIpc) is 3.01. The number of carboxylic acids is 1. The molecule has 0 saturated heterocycles. The lowest BCUT2D eigenvalue weighted by atomic mass is 9.86. The van der Waals surface area contributed by atoms with Crippen LogP contribution >= 0.6 is 0 Å². The first-order chi connectivity index (χ1) is 11.2. The van der Waals surface area contributed by atoms with Gasteiger partial charge in [-0.15, -0.1) is 5.10 Å². The molecule has 1 aromatic carbocycles. The third kappa shape index (κ3) is 3.06. The van der Waals surface area contributed by atoms with E-state index in [2.05, 4.69) is 10.3 Å². The molecule has 0 unspecified atom stereocenters. The number of hydrogen-bond acceptors (Lipinski definition) is 4. The van der Waals surface area contributed by atoms with Crippen molar-refractivity contribution in [1.29, 1.82) is 0 Å². The number of carboxylic acid groups (broad SMARTS) is 1. The number of nitrogens with zero attached hydrogens (tertiary/aromatic N) is 3. The van der Waals surface area contributed by atoms with Crippen LogP contribution in [0, 0.1) is 0 Å². The van der Waals surface area contributed by atoms with Gasteiger partial charge in [-0.2, -0.15) is 0 Å². The molecule has 0 amide bonds. The van der Waals surface area contributed by atoms with Crippen LogP contribution in [0.25, 0.3) is 5.69 Å². The van der Waals surface area contributed by atoms with Crippen LogP contribution in [0.5, 0.6) is 5.75 Å². The van der Waals surface area contributed by atoms with Crippen molar-refractivity contribution in [2.45, 2.75) is 44.9 Å². The molecule has 1 aromatic heterocycles. The molecule has 1 fully saturated rings. The van der Waals surface area contributed by atoms with E-state index in [1.807, 2.05) is 31.2 Å². The molecule has 1 aliphatic carbocycles. The monoisotopic (exact) mass is 315 g/mol. The molecular weight excluding hydrogens is 294 g/mol. The highest BCUT2D eigenvalue weighted by Gasteiger charge is 2.29. The van der Waals surface area contributed by atoms with E-state index >= 15 is 0 Å². The van der Waals surface area contributed by atoms with E-state index < -0.39 is 5.97 Å². The Morgan fingerprint density at radius 2 is 2.04 bits per heavy atom. The lowest BCUT2D eigenvalue weighted by molar-refractivity contribution is 0.0688. The molecule has 1 aliphatic rings. The summed E-state index contributed by atoms with van der Waals surface area (Å²) >= 11 is 0. The highest BCUT2D eigenvalue weighted by Crippen LogP contribution is 2.36. The topological polar surface area (TPSA) is 77.2 Å². The summed E-state index contributed by atoms with van der Waals surface area (Å²) in [6, 6.07) is 7.54. The summed E-state index contributed by atoms with van der Waals surface area (Å²) in [5.41, 5.74) is 1.50. The second kappa shape index (κ2) is 6.81. The number of aromatic carboxylic acids is 1. The van der Waals surface area contributed by atoms with Crippen LogP contribution in [0.1, 0.15) is 61.1 Å². The van der Waals surface area contributed by atoms with E-state index in [9.17, 15) is 9.90 Å². The molecule has 1 heterocycles. The summed E-state index contributed by atoms with van der Waals surface area (Å²) in [5.74, 6) is -0.154. The normalized spacial score (nSPS) is 15.5. The van der Waals surface area contributed by atoms with Crippen molar-refractivity contribution in [3.8, 4) is 11.4 Å². The fourth-order valence-corrected chi connectivity index (χ4v) is 3.27. The second-order valence-electron chi connectivity index (χ2n) is 5.78.